The lowest BCUT2D eigenvalue weighted by atomic mass is 10.2. The van der Waals surface area contributed by atoms with Crippen molar-refractivity contribution in [2.75, 3.05) is 47.9 Å². The van der Waals surface area contributed by atoms with Gasteiger partial charge in [-0.25, -0.2) is 0 Å². The predicted molar refractivity (Wildman–Crippen MR) is 90.3 cm³/mol. The first-order valence-corrected chi connectivity index (χ1v) is 7.67. The van der Waals surface area contributed by atoms with Gasteiger partial charge in [0.25, 0.3) is 0 Å². The number of ether oxygens (including phenoxy) is 1. The van der Waals surface area contributed by atoms with Crippen LogP contribution in [0.2, 0.25) is 0 Å². The molecule has 0 N–H and O–H groups in total. The van der Waals surface area contributed by atoms with E-state index in [-0.39, 0.29) is 24.9 Å². The van der Waals surface area contributed by atoms with Crippen molar-refractivity contribution in [1.82, 2.24) is 14.7 Å². The van der Waals surface area contributed by atoms with Gasteiger partial charge >= 0.3 is 0 Å². The number of hydrogen-bond donors (Lipinski definition) is 0. The van der Waals surface area contributed by atoms with E-state index in [0.717, 1.165) is 11.3 Å². The van der Waals surface area contributed by atoms with E-state index in [1.807, 2.05) is 31.2 Å². The first-order valence-electron chi connectivity index (χ1n) is 7.67. The smallest absolute Gasteiger partial charge is 0.236 e. The van der Waals surface area contributed by atoms with Gasteiger partial charge in [-0.15, -0.1) is 0 Å². The quantitative estimate of drug-likeness (QED) is 0.718. The summed E-state index contributed by atoms with van der Waals surface area (Å²) in [4.78, 5) is 28.7. The molecule has 0 fully saturated rings. The predicted octanol–water partition coefficient (Wildman–Crippen LogP) is 1.06. The van der Waals surface area contributed by atoms with E-state index < -0.39 is 0 Å². The van der Waals surface area contributed by atoms with Crippen LogP contribution in [0.1, 0.15) is 12.5 Å². The number of amides is 2. The Balaban J connectivity index is 2.48. The zero-order valence-corrected chi connectivity index (χ0v) is 14.7. The minimum absolute atomic E-state index is 0.0190. The van der Waals surface area contributed by atoms with Crippen molar-refractivity contribution >= 4 is 11.8 Å². The van der Waals surface area contributed by atoms with E-state index in [0.29, 0.717) is 13.2 Å². The van der Waals surface area contributed by atoms with E-state index in [2.05, 4.69) is 0 Å². The number of rotatable bonds is 8. The normalized spacial score (nSPS) is 10.5. The topological polar surface area (TPSA) is 53.1 Å². The highest BCUT2D eigenvalue weighted by molar-refractivity contribution is 5.80. The molecule has 128 valence electrons. The highest BCUT2D eigenvalue weighted by atomic mass is 16.5. The molecule has 6 nitrogen and oxygen atoms in total. The van der Waals surface area contributed by atoms with Gasteiger partial charge < -0.3 is 14.5 Å². The van der Waals surface area contributed by atoms with Gasteiger partial charge in [0.15, 0.2) is 0 Å². The van der Waals surface area contributed by atoms with Crippen LogP contribution in [-0.4, -0.2) is 74.4 Å². The number of carbonyl (C=O) groups excluding carboxylic acids is 2. The standard InChI is InChI=1S/C17H27N3O3/c1-6-23-15-9-7-14(8-10-15)11-20(5)17(22)13-19(4)12-16(21)18(2)3/h7-10H,6,11-13H2,1-5H3. The SMILES string of the molecule is CCOc1ccc(CN(C)C(=O)CN(C)CC(=O)N(C)C)cc1. The molecule has 0 aliphatic carbocycles. The molecule has 0 aromatic heterocycles. The lowest BCUT2D eigenvalue weighted by Crippen LogP contribution is -2.41. The number of hydrogen-bond acceptors (Lipinski definition) is 4. The molecule has 0 aliphatic heterocycles. The Morgan fingerprint density at radius 1 is 0.957 bits per heavy atom. The van der Waals surface area contributed by atoms with E-state index in [1.165, 1.54) is 4.90 Å². The Labute approximate surface area is 138 Å². The second-order valence-corrected chi connectivity index (χ2v) is 5.79. The van der Waals surface area contributed by atoms with Crippen molar-refractivity contribution in [3.8, 4) is 5.75 Å². The summed E-state index contributed by atoms with van der Waals surface area (Å²) in [5.74, 6) is 0.787. The van der Waals surface area contributed by atoms with Crippen LogP contribution in [0.4, 0.5) is 0 Å². The third-order valence-electron chi connectivity index (χ3n) is 3.39. The fourth-order valence-electron chi connectivity index (χ4n) is 2.00. The van der Waals surface area contributed by atoms with E-state index in [4.69, 9.17) is 4.74 Å². The van der Waals surface area contributed by atoms with Gasteiger partial charge in [0.05, 0.1) is 19.7 Å². The molecule has 0 spiro atoms. The second-order valence-electron chi connectivity index (χ2n) is 5.79. The molecular weight excluding hydrogens is 294 g/mol. The molecular formula is C17H27N3O3. The van der Waals surface area contributed by atoms with Crippen LogP contribution in [0.15, 0.2) is 24.3 Å². The number of carbonyl (C=O) groups is 2. The molecule has 0 radical (unpaired) electrons. The molecule has 0 unspecified atom stereocenters. The average Bonchev–Trinajstić information content (AvgIpc) is 2.49. The Morgan fingerprint density at radius 3 is 2.04 bits per heavy atom. The summed E-state index contributed by atoms with van der Waals surface area (Å²) in [7, 11) is 6.94. The molecule has 0 saturated heterocycles. The van der Waals surface area contributed by atoms with Crippen LogP contribution in [0, 0.1) is 0 Å². The first kappa shape index (κ1) is 19.0. The maximum Gasteiger partial charge on any atom is 0.236 e. The van der Waals surface area contributed by atoms with Gasteiger partial charge in [0, 0.05) is 27.7 Å². The zero-order valence-electron chi connectivity index (χ0n) is 14.7. The summed E-state index contributed by atoms with van der Waals surface area (Å²) in [6.45, 7) is 3.55. The van der Waals surface area contributed by atoms with Crippen LogP contribution in [0.3, 0.4) is 0 Å². The van der Waals surface area contributed by atoms with Crippen molar-refractivity contribution in [1.29, 1.82) is 0 Å². The minimum Gasteiger partial charge on any atom is -0.494 e. The van der Waals surface area contributed by atoms with Crippen LogP contribution < -0.4 is 4.74 Å². The highest BCUT2D eigenvalue weighted by Crippen LogP contribution is 2.13. The second kappa shape index (κ2) is 9.15. The fourth-order valence-corrected chi connectivity index (χ4v) is 2.00. The van der Waals surface area contributed by atoms with Crippen molar-refractivity contribution in [2.24, 2.45) is 0 Å². The largest absolute Gasteiger partial charge is 0.494 e. The van der Waals surface area contributed by atoms with Gasteiger partial charge in [0.1, 0.15) is 5.75 Å². The summed E-state index contributed by atoms with van der Waals surface area (Å²) in [5.41, 5.74) is 1.04. The van der Waals surface area contributed by atoms with Crippen LogP contribution >= 0.6 is 0 Å². The molecule has 0 aliphatic rings. The molecule has 0 atom stereocenters. The minimum atomic E-state index is -0.0204. The Morgan fingerprint density at radius 2 is 1.52 bits per heavy atom. The first-order chi connectivity index (χ1) is 10.8. The number of benzene rings is 1. The number of likely N-dealkylation sites (N-methyl/N-ethyl adjacent to an activating group) is 3. The summed E-state index contributed by atoms with van der Waals surface area (Å²) in [6.07, 6.45) is 0. The van der Waals surface area contributed by atoms with Crippen LogP contribution in [-0.2, 0) is 16.1 Å². The van der Waals surface area contributed by atoms with E-state index in [9.17, 15) is 9.59 Å². The summed E-state index contributed by atoms with van der Waals surface area (Å²) in [5, 5.41) is 0. The maximum atomic E-state index is 12.2. The molecule has 2 amide bonds. The van der Waals surface area contributed by atoms with Crippen LogP contribution in [0.25, 0.3) is 0 Å². The molecule has 0 bridgehead atoms. The lowest BCUT2D eigenvalue weighted by Gasteiger charge is -2.22. The third kappa shape index (κ3) is 6.69. The van der Waals surface area contributed by atoms with Gasteiger partial charge in [0.2, 0.25) is 11.8 Å². The average molecular weight is 321 g/mol. The van der Waals surface area contributed by atoms with Crippen LogP contribution in [0.5, 0.6) is 5.75 Å². The summed E-state index contributed by atoms with van der Waals surface area (Å²) in [6, 6.07) is 7.71. The van der Waals surface area contributed by atoms with E-state index >= 15 is 0 Å². The molecule has 6 heteroatoms. The Bertz CT molecular complexity index is 514. The van der Waals surface area contributed by atoms with Gasteiger partial charge in [-0.05, 0) is 31.7 Å². The molecule has 1 rings (SSSR count). The molecule has 0 saturated carbocycles. The van der Waals surface area contributed by atoms with Crippen molar-refractivity contribution < 1.29 is 14.3 Å². The molecule has 0 heterocycles. The van der Waals surface area contributed by atoms with E-state index in [1.54, 1.807) is 38.0 Å². The number of nitrogens with zero attached hydrogens (tertiary/aromatic N) is 3. The fraction of sp³-hybridized carbons (Fsp3) is 0.529. The third-order valence-corrected chi connectivity index (χ3v) is 3.39. The van der Waals surface area contributed by atoms with Crippen molar-refractivity contribution in [3.05, 3.63) is 29.8 Å². The molecule has 1 aromatic carbocycles. The van der Waals surface area contributed by atoms with Crippen molar-refractivity contribution in [3.63, 3.8) is 0 Å². The summed E-state index contributed by atoms with van der Waals surface area (Å²) < 4.78 is 5.40. The highest BCUT2D eigenvalue weighted by Gasteiger charge is 2.15. The maximum absolute atomic E-state index is 12.2. The van der Waals surface area contributed by atoms with Crippen molar-refractivity contribution in [2.45, 2.75) is 13.5 Å². The van der Waals surface area contributed by atoms with Gasteiger partial charge in [-0.1, -0.05) is 12.1 Å². The lowest BCUT2D eigenvalue weighted by molar-refractivity contribution is -0.133. The Hall–Kier alpha value is -2.08. The summed E-state index contributed by atoms with van der Waals surface area (Å²) >= 11 is 0. The zero-order chi connectivity index (χ0) is 17.4. The van der Waals surface area contributed by atoms with Gasteiger partial charge in [-0.3, -0.25) is 14.5 Å². The molecule has 1 aromatic rings. The molecule has 23 heavy (non-hydrogen) atoms. The monoisotopic (exact) mass is 321 g/mol. The Kier molecular flexibility index (Phi) is 7.54. The van der Waals surface area contributed by atoms with Gasteiger partial charge in [-0.2, -0.15) is 0 Å².